The summed E-state index contributed by atoms with van der Waals surface area (Å²) in [7, 11) is 1.58. The van der Waals surface area contributed by atoms with Crippen LogP contribution in [0.5, 0.6) is 11.5 Å². The quantitative estimate of drug-likeness (QED) is 0.406. The molecule has 1 heterocycles. The van der Waals surface area contributed by atoms with Crippen LogP contribution in [0.2, 0.25) is 0 Å². The molecular formula is C19H20FN5O3S. The van der Waals surface area contributed by atoms with Crippen molar-refractivity contribution in [2.24, 2.45) is 0 Å². The van der Waals surface area contributed by atoms with Gasteiger partial charge in [-0.15, -0.1) is 10.2 Å². The van der Waals surface area contributed by atoms with Gasteiger partial charge in [0.25, 0.3) is 0 Å². The predicted octanol–water partition coefficient (Wildman–Crippen LogP) is 2.13. The summed E-state index contributed by atoms with van der Waals surface area (Å²) in [5.41, 5.74) is 0.878. The first-order chi connectivity index (χ1) is 14.1. The van der Waals surface area contributed by atoms with Gasteiger partial charge in [-0.2, -0.15) is 0 Å². The van der Waals surface area contributed by atoms with Gasteiger partial charge in [0.05, 0.1) is 12.9 Å². The number of hydrogen-bond donors (Lipinski definition) is 2. The van der Waals surface area contributed by atoms with Gasteiger partial charge in [-0.05, 0) is 18.2 Å². The summed E-state index contributed by atoms with van der Waals surface area (Å²) >= 11 is 1.14. The first-order valence-electron chi connectivity index (χ1n) is 8.66. The molecule has 29 heavy (non-hydrogen) atoms. The number of nitrogens with one attached hydrogen (secondary N) is 1. The van der Waals surface area contributed by atoms with Crippen molar-refractivity contribution in [1.82, 2.24) is 20.2 Å². The van der Waals surface area contributed by atoms with Crippen molar-refractivity contribution in [1.29, 1.82) is 0 Å². The minimum atomic E-state index is -0.475. The van der Waals surface area contributed by atoms with E-state index >= 15 is 0 Å². The summed E-state index contributed by atoms with van der Waals surface area (Å²) in [5.74, 6) is 6.51. The highest BCUT2D eigenvalue weighted by Gasteiger charge is 2.14. The zero-order valence-corrected chi connectivity index (χ0v) is 16.5. The van der Waals surface area contributed by atoms with Gasteiger partial charge in [0.15, 0.2) is 17.4 Å². The average molecular weight is 417 g/mol. The molecule has 2 aromatic carbocycles. The molecule has 0 aliphatic carbocycles. The number of thioether (sulfide) groups is 1. The third kappa shape index (κ3) is 5.38. The number of carbonyl (C=O) groups excluding carboxylic acids is 1. The number of carbonyl (C=O) groups is 1. The van der Waals surface area contributed by atoms with Gasteiger partial charge in [0.1, 0.15) is 12.4 Å². The monoisotopic (exact) mass is 417 g/mol. The molecule has 0 radical (unpaired) electrons. The SMILES string of the molecule is COc1ccccc1CNC(=O)CSc1nnc(COc2ccccc2F)n1N. The van der Waals surface area contributed by atoms with Crippen molar-refractivity contribution in [2.75, 3.05) is 18.7 Å². The van der Waals surface area contributed by atoms with Crippen LogP contribution in [-0.4, -0.2) is 33.6 Å². The lowest BCUT2D eigenvalue weighted by atomic mass is 10.2. The van der Waals surface area contributed by atoms with Crippen molar-refractivity contribution in [3.63, 3.8) is 0 Å². The topological polar surface area (TPSA) is 104 Å². The molecule has 0 atom stereocenters. The number of methoxy groups -OCH3 is 1. The van der Waals surface area contributed by atoms with Gasteiger partial charge in [0, 0.05) is 12.1 Å². The number of benzene rings is 2. The molecule has 1 amide bonds. The van der Waals surface area contributed by atoms with Gasteiger partial charge in [-0.3, -0.25) is 4.79 Å². The van der Waals surface area contributed by atoms with E-state index in [9.17, 15) is 9.18 Å². The minimum Gasteiger partial charge on any atom is -0.496 e. The van der Waals surface area contributed by atoms with Crippen LogP contribution < -0.4 is 20.6 Å². The number of hydrogen-bond acceptors (Lipinski definition) is 7. The number of amides is 1. The Morgan fingerprint density at radius 2 is 1.90 bits per heavy atom. The highest BCUT2D eigenvalue weighted by atomic mass is 32.2. The van der Waals surface area contributed by atoms with Crippen LogP contribution in [0.1, 0.15) is 11.4 Å². The van der Waals surface area contributed by atoms with Crippen LogP contribution in [0.25, 0.3) is 0 Å². The second-order valence-electron chi connectivity index (χ2n) is 5.87. The second-order valence-corrected chi connectivity index (χ2v) is 6.81. The smallest absolute Gasteiger partial charge is 0.230 e. The molecule has 0 bridgehead atoms. The fraction of sp³-hybridized carbons (Fsp3) is 0.211. The zero-order chi connectivity index (χ0) is 20.6. The largest absolute Gasteiger partial charge is 0.496 e. The maximum Gasteiger partial charge on any atom is 0.230 e. The number of aromatic nitrogens is 3. The van der Waals surface area contributed by atoms with E-state index in [2.05, 4.69) is 15.5 Å². The molecule has 152 valence electrons. The summed E-state index contributed by atoms with van der Waals surface area (Å²) < 4.78 is 25.4. The average Bonchev–Trinajstić information content (AvgIpc) is 3.09. The first kappa shape index (κ1) is 20.5. The Kier molecular flexibility index (Phi) is 6.90. The van der Waals surface area contributed by atoms with E-state index in [1.807, 2.05) is 24.3 Å². The van der Waals surface area contributed by atoms with Crippen LogP contribution in [0.15, 0.2) is 53.7 Å². The zero-order valence-electron chi connectivity index (χ0n) is 15.7. The molecule has 1 aromatic heterocycles. The third-order valence-electron chi connectivity index (χ3n) is 3.93. The molecule has 0 unspecified atom stereocenters. The van der Waals surface area contributed by atoms with Crippen molar-refractivity contribution in [3.05, 3.63) is 65.7 Å². The number of nitrogens with zero attached hydrogens (tertiary/aromatic N) is 3. The van der Waals surface area contributed by atoms with Crippen LogP contribution in [0.3, 0.4) is 0 Å². The minimum absolute atomic E-state index is 0.0506. The number of nitrogens with two attached hydrogens (primary N) is 1. The molecule has 0 saturated heterocycles. The molecular weight excluding hydrogens is 397 g/mol. The summed E-state index contributed by atoms with van der Waals surface area (Å²) in [6.45, 7) is 0.297. The number of halogens is 1. The van der Waals surface area contributed by atoms with Gasteiger partial charge >= 0.3 is 0 Å². The molecule has 3 aromatic rings. The van der Waals surface area contributed by atoms with E-state index in [4.69, 9.17) is 15.3 Å². The van der Waals surface area contributed by atoms with Gasteiger partial charge in [0.2, 0.25) is 11.1 Å². The number of rotatable bonds is 9. The van der Waals surface area contributed by atoms with Crippen molar-refractivity contribution >= 4 is 17.7 Å². The van der Waals surface area contributed by atoms with E-state index < -0.39 is 5.82 Å². The Morgan fingerprint density at radius 3 is 2.66 bits per heavy atom. The van der Waals surface area contributed by atoms with E-state index in [0.29, 0.717) is 23.3 Å². The molecule has 3 N–H and O–H groups in total. The molecule has 3 rings (SSSR count). The van der Waals surface area contributed by atoms with Crippen molar-refractivity contribution in [2.45, 2.75) is 18.3 Å². The van der Waals surface area contributed by atoms with E-state index in [0.717, 1.165) is 17.3 Å². The van der Waals surface area contributed by atoms with Crippen molar-refractivity contribution < 1.29 is 18.7 Å². The molecule has 0 saturated carbocycles. The molecule has 0 spiro atoms. The Hall–Kier alpha value is -3.27. The third-order valence-corrected chi connectivity index (χ3v) is 4.87. The van der Waals surface area contributed by atoms with E-state index in [1.54, 1.807) is 19.2 Å². The lowest BCUT2D eigenvalue weighted by molar-refractivity contribution is -0.118. The standard InChI is InChI=1S/C19H20FN5O3S/c1-27-15-8-4-2-6-13(15)10-22-18(26)12-29-19-24-23-17(25(19)21)11-28-16-9-5-3-7-14(16)20/h2-9H,10-12,21H2,1H3,(H,22,26). The summed E-state index contributed by atoms with van der Waals surface area (Å²) in [6.07, 6.45) is 0. The predicted molar refractivity (Wildman–Crippen MR) is 106 cm³/mol. The molecule has 0 aliphatic heterocycles. The number of nitrogen functional groups attached to an aromatic ring is 1. The highest BCUT2D eigenvalue weighted by molar-refractivity contribution is 7.99. The van der Waals surface area contributed by atoms with Gasteiger partial charge in [-0.1, -0.05) is 42.1 Å². The van der Waals surface area contributed by atoms with Crippen LogP contribution >= 0.6 is 11.8 Å². The molecule has 8 nitrogen and oxygen atoms in total. The Morgan fingerprint density at radius 1 is 1.17 bits per heavy atom. The Bertz CT molecular complexity index is 982. The lowest BCUT2D eigenvalue weighted by Crippen LogP contribution is -2.25. The summed E-state index contributed by atoms with van der Waals surface area (Å²) in [4.78, 5) is 12.1. The fourth-order valence-corrected chi connectivity index (χ4v) is 3.14. The van der Waals surface area contributed by atoms with Crippen molar-refractivity contribution in [3.8, 4) is 11.5 Å². The number of ether oxygens (including phenoxy) is 2. The Balaban J connectivity index is 1.49. The van der Waals surface area contributed by atoms with Gasteiger partial charge in [-0.25, -0.2) is 9.07 Å². The van der Waals surface area contributed by atoms with E-state index in [1.165, 1.54) is 16.8 Å². The second kappa shape index (κ2) is 9.78. The van der Waals surface area contributed by atoms with Crippen LogP contribution in [0, 0.1) is 5.82 Å². The first-order valence-corrected chi connectivity index (χ1v) is 9.65. The van der Waals surface area contributed by atoms with Gasteiger partial charge < -0.3 is 20.6 Å². The Labute approximate surface area is 171 Å². The maximum atomic E-state index is 13.6. The summed E-state index contributed by atoms with van der Waals surface area (Å²) in [6, 6.07) is 13.5. The maximum absolute atomic E-state index is 13.6. The number of para-hydroxylation sites is 2. The normalized spacial score (nSPS) is 10.6. The van der Waals surface area contributed by atoms with Crippen LogP contribution in [-0.2, 0) is 17.9 Å². The lowest BCUT2D eigenvalue weighted by Gasteiger charge is -2.09. The van der Waals surface area contributed by atoms with E-state index in [-0.39, 0.29) is 24.0 Å². The van der Waals surface area contributed by atoms with Crippen LogP contribution in [0.4, 0.5) is 4.39 Å². The summed E-state index contributed by atoms with van der Waals surface area (Å²) in [5, 5.41) is 11.0. The highest BCUT2D eigenvalue weighted by Crippen LogP contribution is 2.19. The molecule has 0 aliphatic rings. The fourth-order valence-electron chi connectivity index (χ4n) is 2.43. The molecule has 10 heteroatoms. The molecule has 0 fully saturated rings.